The summed E-state index contributed by atoms with van der Waals surface area (Å²) in [6.07, 6.45) is 7.96. The SMILES string of the molecule is Cc1cn2c(-c3cn[nH]c3)cnc2c(Nc2cc(CN3C[C@@H](C)O[C@@H](C)C3)ns2)n1. The molecule has 30 heavy (non-hydrogen) atoms. The van der Waals surface area contributed by atoms with Crippen molar-refractivity contribution < 1.29 is 4.74 Å². The molecule has 4 aromatic rings. The summed E-state index contributed by atoms with van der Waals surface area (Å²) in [5.74, 6) is 0.716. The molecule has 156 valence electrons. The normalized spacial score (nSPS) is 20.1. The van der Waals surface area contributed by atoms with Crippen molar-refractivity contribution in [1.29, 1.82) is 0 Å². The monoisotopic (exact) mass is 424 g/mol. The Morgan fingerprint density at radius 1 is 1.27 bits per heavy atom. The molecule has 0 aliphatic carbocycles. The van der Waals surface area contributed by atoms with Gasteiger partial charge in [-0.05, 0) is 38.4 Å². The van der Waals surface area contributed by atoms with Crippen LogP contribution in [-0.4, -0.2) is 59.1 Å². The molecule has 0 unspecified atom stereocenters. The molecule has 2 atom stereocenters. The average Bonchev–Trinajstić information content (AvgIpc) is 3.41. The molecule has 5 rings (SSSR count). The smallest absolute Gasteiger partial charge is 0.180 e. The number of nitrogens with one attached hydrogen (secondary N) is 2. The highest BCUT2D eigenvalue weighted by Crippen LogP contribution is 2.28. The van der Waals surface area contributed by atoms with Crippen LogP contribution in [0.15, 0.2) is 30.9 Å². The van der Waals surface area contributed by atoms with Crippen molar-refractivity contribution in [3.63, 3.8) is 0 Å². The molecule has 0 aromatic carbocycles. The van der Waals surface area contributed by atoms with Gasteiger partial charge in [-0.15, -0.1) is 0 Å². The number of rotatable bonds is 5. The number of hydrogen-bond acceptors (Lipinski definition) is 8. The topological polar surface area (TPSA) is 96.3 Å². The number of imidazole rings is 1. The van der Waals surface area contributed by atoms with Gasteiger partial charge in [-0.25, -0.2) is 9.97 Å². The van der Waals surface area contributed by atoms with E-state index < -0.39 is 0 Å². The number of aromatic amines is 1. The zero-order valence-electron chi connectivity index (χ0n) is 17.2. The minimum absolute atomic E-state index is 0.250. The van der Waals surface area contributed by atoms with Crippen LogP contribution in [-0.2, 0) is 11.3 Å². The molecule has 0 spiro atoms. The van der Waals surface area contributed by atoms with Gasteiger partial charge in [0.05, 0.1) is 41.7 Å². The van der Waals surface area contributed by atoms with Crippen molar-refractivity contribution in [2.75, 3.05) is 18.4 Å². The molecule has 10 heteroatoms. The molecular formula is C20H24N8OS. The Bertz CT molecular complexity index is 1140. The lowest BCUT2D eigenvalue weighted by Crippen LogP contribution is -2.44. The number of nitrogens with zero attached hydrogens (tertiary/aromatic N) is 6. The van der Waals surface area contributed by atoms with E-state index in [0.717, 1.165) is 52.9 Å². The lowest BCUT2D eigenvalue weighted by Gasteiger charge is -2.34. The van der Waals surface area contributed by atoms with Gasteiger partial charge in [-0.2, -0.15) is 9.47 Å². The van der Waals surface area contributed by atoms with Gasteiger partial charge in [0.25, 0.3) is 0 Å². The van der Waals surface area contributed by atoms with Crippen LogP contribution in [0.4, 0.5) is 10.8 Å². The van der Waals surface area contributed by atoms with Gasteiger partial charge >= 0.3 is 0 Å². The second-order valence-corrected chi connectivity index (χ2v) is 8.62. The summed E-state index contributed by atoms with van der Waals surface area (Å²) in [5.41, 5.74) is 4.66. The lowest BCUT2D eigenvalue weighted by atomic mass is 10.2. The molecule has 9 nitrogen and oxygen atoms in total. The second kappa shape index (κ2) is 7.78. The van der Waals surface area contributed by atoms with E-state index in [-0.39, 0.29) is 12.2 Å². The zero-order valence-corrected chi connectivity index (χ0v) is 18.0. The van der Waals surface area contributed by atoms with Crippen molar-refractivity contribution in [3.05, 3.63) is 42.2 Å². The van der Waals surface area contributed by atoms with Crippen LogP contribution in [0.2, 0.25) is 0 Å². The minimum atomic E-state index is 0.250. The molecule has 0 radical (unpaired) electrons. The van der Waals surface area contributed by atoms with E-state index in [0.29, 0.717) is 5.82 Å². The number of fused-ring (bicyclic) bond motifs is 1. The van der Waals surface area contributed by atoms with E-state index in [9.17, 15) is 0 Å². The molecule has 0 bridgehead atoms. The van der Waals surface area contributed by atoms with Gasteiger partial charge in [-0.3, -0.25) is 14.4 Å². The quantitative estimate of drug-likeness (QED) is 0.508. The van der Waals surface area contributed by atoms with Crippen molar-refractivity contribution in [2.45, 2.75) is 39.5 Å². The molecule has 0 saturated carbocycles. The minimum Gasteiger partial charge on any atom is -0.373 e. The highest BCUT2D eigenvalue weighted by Gasteiger charge is 2.23. The summed E-state index contributed by atoms with van der Waals surface area (Å²) in [6.45, 7) is 8.88. The molecule has 0 amide bonds. The van der Waals surface area contributed by atoms with Crippen molar-refractivity contribution in [1.82, 2.24) is 33.8 Å². The van der Waals surface area contributed by atoms with Crippen LogP contribution in [0.25, 0.3) is 16.9 Å². The maximum atomic E-state index is 5.82. The summed E-state index contributed by atoms with van der Waals surface area (Å²) in [5, 5.41) is 11.3. The van der Waals surface area contributed by atoms with E-state index in [2.05, 4.69) is 54.7 Å². The largest absolute Gasteiger partial charge is 0.373 e. The predicted molar refractivity (Wildman–Crippen MR) is 116 cm³/mol. The van der Waals surface area contributed by atoms with Gasteiger partial charge in [0.1, 0.15) is 5.00 Å². The van der Waals surface area contributed by atoms with Crippen LogP contribution < -0.4 is 5.32 Å². The van der Waals surface area contributed by atoms with E-state index in [4.69, 9.17) is 4.74 Å². The Morgan fingerprint density at radius 3 is 2.87 bits per heavy atom. The van der Waals surface area contributed by atoms with Crippen LogP contribution in [0.5, 0.6) is 0 Å². The molecule has 5 heterocycles. The third-order valence-corrected chi connectivity index (χ3v) is 5.83. The fraction of sp³-hybridized carbons (Fsp3) is 0.400. The van der Waals surface area contributed by atoms with Gasteiger partial charge in [0, 0.05) is 37.6 Å². The number of morpholine rings is 1. The van der Waals surface area contributed by atoms with Gasteiger partial charge in [-0.1, -0.05) is 0 Å². The molecule has 4 aromatic heterocycles. The summed E-state index contributed by atoms with van der Waals surface area (Å²) in [4.78, 5) is 11.7. The molecular weight excluding hydrogens is 400 g/mol. The second-order valence-electron chi connectivity index (χ2n) is 7.81. The van der Waals surface area contributed by atoms with Crippen LogP contribution in [0.3, 0.4) is 0 Å². The van der Waals surface area contributed by atoms with Crippen LogP contribution >= 0.6 is 11.5 Å². The Labute approximate surface area is 178 Å². The number of ether oxygens (including phenoxy) is 1. The Hall–Kier alpha value is -2.82. The highest BCUT2D eigenvalue weighted by atomic mass is 32.1. The summed E-state index contributed by atoms with van der Waals surface area (Å²) in [7, 11) is 0. The average molecular weight is 425 g/mol. The fourth-order valence-corrected chi connectivity index (χ4v) is 4.66. The number of hydrogen-bond donors (Lipinski definition) is 2. The molecule has 1 fully saturated rings. The number of anilines is 2. The van der Waals surface area contributed by atoms with E-state index in [1.54, 1.807) is 6.20 Å². The molecule has 1 aliphatic rings. The first-order chi connectivity index (χ1) is 14.5. The van der Waals surface area contributed by atoms with Gasteiger partial charge in [0.15, 0.2) is 11.5 Å². The maximum absolute atomic E-state index is 5.82. The lowest BCUT2D eigenvalue weighted by molar-refractivity contribution is -0.0707. The summed E-state index contributed by atoms with van der Waals surface area (Å²) >= 11 is 1.44. The van der Waals surface area contributed by atoms with Crippen LogP contribution in [0, 0.1) is 6.92 Å². The Morgan fingerprint density at radius 2 is 2.10 bits per heavy atom. The maximum Gasteiger partial charge on any atom is 0.180 e. The van der Waals surface area contributed by atoms with Gasteiger partial charge < -0.3 is 10.1 Å². The van der Waals surface area contributed by atoms with Gasteiger partial charge in [0.2, 0.25) is 0 Å². The van der Waals surface area contributed by atoms with E-state index in [1.165, 1.54) is 11.5 Å². The first-order valence-corrected chi connectivity index (χ1v) is 10.8. The van der Waals surface area contributed by atoms with E-state index >= 15 is 0 Å². The number of aromatic nitrogens is 6. The highest BCUT2D eigenvalue weighted by molar-refractivity contribution is 7.10. The first kappa shape index (κ1) is 19.2. The van der Waals surface area contributed by atoms with E-state index in [1.807, 2.05) is 29.9 Å². The van der Waals surface area contributed by atoms with Crippen molar-refractivity contribution in [2.24, 2.45) is 0 Å². The fourth-order valence-electron chi connectivity index (χ4n) is 4.00. The number of aryl methyl sites for hydroxylation is 1. The number of H-pyrrole nitrogens is 1. The summed E-state index contributed by atoms with van der Waals surface area (Å²) in [6, 6.07) is 2.09. The zero-order chi connectivity index (χ0) is 20.7. The van der Waals surface area contributed by atoms with Crippen molar-refractivity contribution in [3.8, 4) is 11.3 Å². The first-order valence-electron chi connectivity index (χ1n) is 9.99. The third kappa shape index (κ3) is 3.81. The molecule has 2 N–H and O–H groups in total. The predicted octanol–water partition coefficient (Wildman–Crippen LogP) is 3.24. The molecule has 1 saturated heterocycles. The standard InChI is InChI=1S/C20H24N8OS/c1-12-8-28-17(15-5-22-23-6-15)7-21-20(28)19(24-12)25-18-4-16(26-30-18)11-27-9-13(2)29-14(3)10-27/h4-8,13-14H,9-11H2,1-3H3,(H,22,23)(H,24,25)/t13-,14+. The summed E-state index contributed by atoms with van der Waals surface area (Å²) < 4.78 is 12.5. The van der Waals surface area contributed by atoms with Crippen LogP contribution in [0.1, 0.15) is 25.2 Å². The van der Waals surface area contributed by atoms with Crippen molar-refractivity contribution >= 4 is 28.0 Å². The Kier molecular flexibility index (Phi) is 4.97. The Balaban J connectivity index is 1.37. The third-order valence-electron chi connectivity index (χ3n) is 5.09. The molecule has 1 aliphatic heterocycles.